The lowest BCUT2D eigenvalue weighted by Gasteiger charge is -2.41. The standard InChI is InChI=1S/C14H27N3O/c1-5-6-7-10-16(4)13(18)14(2,3)17-11-8-15-9-12-17/h5,15H,1,6-12H2,2-4H3. The second-order valence-corrected chi connectivity index (χ2v) is 5.45. The van der Waals surface area contributed by atoms with E-state index in [9.17, 15) is 4.79 Å². The summed E-state index contributed by atoms with van der Waals surface area (Å²) in [4.78, 5) is 16.6. The molecular weight excluding hydrogens is 226 g/mol. The minimum absolute atomic E-state index is 0.216. The van der Waals surface area contributed by atoms with E-state index < -0.39 is 5.54 Å². The van der Waals surface area contributed by atoms with Crippen molar-refractivity contribution in [2.75, 3.05) is 39.8 Å². The quantitative estimate of drug-likeness (QED) is 0.569. The van der Waals surface area contributed by atoms with E-state index in [0.29, 0.717) is 0 Å². The van der Waals surface area contributed by atoms with Crippen LogP contribution in [0.1, 0.15) is 26.7 Å². The number of nitrogens with zero attached hydrogens (tertiary/aromatic N) is 2. The van der Waals surface area contributed by atoms with E-state index in [-0.39, 0.29) is 5.91 Å². The Kier molecular flexibility index (Phi) is 5.82. The van der Waals surface area contributed by atoms with Crippen LogP contribution in [0, 0.1) is 0 Å². The zero-order valence-corrected chi connectivity index (χ0v) is 12.0. The molecule has 0 aromatic heterocycles. The van der Waals surface area contributed by atoms with E-state index in [0.717, 1.165) is 45.6 Å². The number of hydrogen-bond acceptors (Lipinski definition) is 3. The second kappa shape index (κ2) is 6.90. The maximum absolute atomic E-state index is 12.5. The number of piperazine rings is 1. The molecule has 1 saturated heterocycles. The van der Waals surface area contributed by atoms with E-state index in [2.05, 4.69) is 16.8 Å². The van der Waals surface area contributed by atoms with Gasteiger partial charge in [0.2, 0.25) is 5.91 Å². The molecule has 1 aliphatic heterocycles. The number of amides is 1. The van der Waals surface area contributed by atoms with E-state index in [1.165, 1.54) is 0 Å². The van der Waals surface area contributed by atoms with Crippen molar-refractivity contribution in [2.45, 2.75) is 32.2 Å². The first kappa shape index (κ1) is 15.2. The van der Waals surface area contributed by atoms with Gasteiger partial charge in [-0.1, -0.05) is 6.08 Å². The van der Waals surface area contributed by atoms with Crippen molar-refractivity contribution in [1.82, 2.24) is 15.1 Å². The Labute approximate surface area is 111 Å². The van der Waals surface area contributed by atoms with Crippen molar-refractivity contribution in [1.29, 1.82) is 0 Å². The molecule has 18 heavy (non-hydrogen) atoms. The highest BCUT2D eigenvalue weighted by Crippen LogP contribution is 2.18. The summed E-state index contributed by atoms with van der Waals surface area (Å²) in [6.07, 6.45) is 3.86. The van der Waals surface area contributed by atoms with Gasteiger partial charge in [-0.15, -0.1) is 6.58 Å². The number of rotatable bonds is 6. The van der Waals surface area contributed by atoms with Crippen molar-refractivity contribution >= 4 is 5.91 Å². The van der Waals surface area contributed by atoms with E-state index >= 15 is 0 Å². The Morgan fingerprint density at radius 1 is 1.44 bits per heavy atom. The summed E-state index contributed by atoms with van der Waals surface area (Å²) in [6.45, 7) is 12.4. The fraction of sp³-hybridized carbons (Fsp3) is 0.786. The van der Waals surface area contributed by atoms with Gasteiger partial charge in [0.25, 0.3) is 0 Å². The van der Waals surface area contributed by atoms with Crippen LogP contribution < -0.4 is 5.32 Å². The summed E-state index contributed by atoms with van der Waals surface area (Å²) in [7, 11) is 1.90. The molecule has 4 nitrogen and oxygen atoms in total. The average Bonchev–Trinajstić information content (AvgIpc) is 2.39. The van der Waals surface area contributed by atoms with Crippen LogP contribution in [0.2, 0.25) is 0 Å². The Balaban J connectivity index is 2.53. The van der Waals surface area contributed by atoms with Crippen LogP contribution in [-0.2, 0) is 4.79 Å². The van der Waals surface area contributed by atoms with Gasteiger partial charge >= 0.3 is 0 Å². The number of allylic oxidation sites excluding steroid dienone is 1. The Morgan fingerprint density at radius 2 is 2.06 bits per heavy atom. The molecule has 4 heteroatoms. The number of likely N-dealkylation sites (N-methyl/N-ethyl adjacent to an activating group) is 1. The fourth-order valence-corrected chi connectivity index (χ4v) is 2.40. The maximum Gasteiger partial charge on any atom is 0.242 e. The van der Waals surface area contributed by atoms with Crippen molar-refractivity contribution < 1.29 is 4.79 Å². The molecular formula is C14H27N3O. The second-order valence-electron chi connectivity index (χ2n) is 5.45. The van der Waals surface area contributed by atoms with Crippen LogP contribution in [0.15, 0.2) is 12.7 Å². The van der Waals surface area contributed by atoms with Gasteiger partial charge in [-0.3, -0.25) is 9.69 Å². The molecule has 0 aliphatic carbocycles. The average molecular weight is 253 g/mol. The zero-order valence-electron chi connectivity index (χ0n) is 12.0. The van der Waals surface area contributed by atoms with Gasteiger partial charge in [0, 0.05) is 39.8 Å². The van der Waals surface area contributed by atoms with Crippen LogP contribution in [0.4, 0.5) is 0 Å². The predicted octanol–water partition coefficient (Wildman–Crippen LogP) is 1.09. The topological polar surface area (TPSA) is 35.6 Å². The maximum atomic E-state index is 12.5. The summed E-state index contributed by atoms with van der Waals surface area (Å²) in [6, 6.07) is 0. The zero-order chi connectivity index (χ0) is 13.6. The van der Waals surface area contributed by atoms with E-state index in [1.807, 2.05) is 31.9 Å². The lowest BCUT2D eigenvalue weighted by atomic mass is 9.99. The SMILES string of the molecule is C=CCCCN(C)C(=O)C(C)(C)N1CCNCC1. The van der Waals surface area contributed by atoms with Gasteiger partial charge in [-0.25, -0.2) is 0 Å². The summed E-state index contributed by atoms with van der Waals surface area (Å²) >= 11 is 0. The van der Waals surface area contributed by atoms with Crippen molar-refractivity contribution in [3.63, 3.8) is 0 Å². The lowest BCUT2D eigenvalue weighted by Crippen LogP contribution is -2.60. The predicted molar refractivity (Wildman–Crippen MR) is 75.6 cm³/mol. The molecule has 1 rings (SSSR count). The summed E-state index contributed by atoms with van der Waals surface area (Å²) in [5, 5.41) is 3.32. The third-order valence-corrected chi connectivity index (χ3v) is 3.68. The van der Waals surface area contributed by atoms with Gasteiger partial charge in [0.15, 0.2) is 0 Å². The van der Waals surface area contributed by atoms with E-state index in [4.69, 9.17) is 0 Å². The van der Waals surface area contributed by atoms with Crippen molar-refractivity contribution in [2.24, 2.45) is 0 Å². The monoisotopic (exact) mass is 253 g/mol. The van der Waals surface area contributed by atoms with Gasteiger partial charge in [0.05, 0.1) is 5.54 Å². The molecule has 0 unspecified atom stereocenters. The Morgan fingerprint density at radius 3 is 2.61 bits per heavy atom. The van der Waals surface area contributed by atoms with Gasteiger partial charge in [0.1, 0.15) is 0 Å². The molecule has 0 radical (unpaired) electrons. The van der Waals surface area contributed by atoms with Crippen molar-refractivity contribution in [3.05, 3.63) is 12.7 Å². The van der Waals surface area contributed by atoms with Gasteiger partial charge < -0.3 is 10.2 Å². The molecule has 0 aromatic rings. The minimum atomic E-state index is -0.398. The third-order valence-electron chi connectivity index (χ3n) is 3.68. The lowest BCUT2D eigenvalue weighted by molar-refractivity contribution is -0.141. The number of nitrogens with one attached hydrogen (secondary N) is 1. The molecule has 1 heterocycles. The molecule has 1 N–H and O–H groups in total. The first-order chi connectivity index (χ1) is 8.50. The first-order valence-corrected chi connectivity index (χ1v) is 6.82. The molecule has 0 bridgehead atoms. The highest BCUT2D eigenvalue weighted by atomic mass is 16.2. The summed E-state index contributed by atoms with van der Waals surface area (Å²) in [5.41, 5.74) is -0.398. The Hall–Kier alpha value is -0.870. The number of carbonyl (C=O) groups excluding carboxylic acids is 1. The Bertz CT molecular complexity index is 283. The molecule has 0 atom stereocenters. The highest BCUT2D eigenvalue weighted by Gasteiger charge is 2.36. The van der Waals surface area contributed by atoms with Crippen LogP contribution in [0.25, 0.3) is 0 Å². The normalized spacial score (nSPS) is 17.5. The molecule has 0 saturated carbocycles. The number of carbonyl (C=O) groups is 1. The van der Waals surface area contributed by atoms with Crippen LogP contribution in [0.5, 0.6) is 0 Å². The first-order valence-electron chi connectivity index (χ1n) is 6.82. The minimum Gasteiger partial charge on any atom is -0.344 e. The molecule has 1 fully saturated rings. The van der Waals surface area contributed by atoms with Gasteiger partial charge in [-0.05, 0) is 26.7 Å². The highest BCUT2D eigenvalue weighted by molar-refractivity contribution is 5.85. The van der Waals surface area contributed by atoms with Gasteiger partial charge in [-0.2, -0.15) is 0 Å². The van der Waals surface area contributed by atoms with Crippen LogP contribution in [-0.4, -0.2) is 61.0 Å². The molecule has 1 aliphatic rings. The molecule has 0 spiro atoms. The smallest absolute Gasteiger partial charge is 0.242 e. The number of hydrogen-bond donors (Lipinski definition) is 1. The third kappa shape index (κ3) is 3.82. The fourth-order valence-electron chi connectivity index (χ4n) is 2.40. The summed E-state index contributed by atoms with van der Waals surface area (Å²) in [5.74, 6) is 0.216. The van der Waals surface area contributed by atoms with E-state index in [1.54, 1.807) is 0 Å². The van der Waals surface area contributed by atoms with Crippen LogP contribution >= 0.6 is 0 Å². The van der Waals surface area contributed by atoms with Crippen LogP contribution in [0.3, 0.4) is 0 Å². The number of unbranched alkanes of at least 4 members (excludes halogenated alkanes) is 1. The van der Waals surface area contributed by atoms with Crippen molar-refractivity contribution in [3.8, 4) is 0 Å². The molecule has 0 aromatic carbocycles. The summed E-state index contributed by atoms with van der Waals surface area (Å²) < 4.78 is 0. The molecule has 1 amide bonds. The molecule has 104 valence electrons. The largest absolute Gasteiger partial charge is 0.344 e.